The van der Waals surface area contributed by atoms with Crippen molar-refractivity contribution in [1.29, 1.82) is 0 Å². The SMILES string of the molecule is [B]c1cc([B])c(Br)cc1C. The molecule has 3 heteroatoms. The predicted molar refractivity (Wildman–Crippen MR) is 49.7 cm³/mol. The van der Waals surface area contributed by atoms with Crippen LogP contribution in [0.25, 0.3) is 0 Å². The maximum atomic E-state index is 5.59. The molecule has 0 aromatic heterocycles. The molecule has 1 aromatic carbocycles. The molecule has 0 fully saturated rings. The molecule has 0 spiro atoms. The molecule has 0 N–H and O–H groups in total. The van der Waals surface area contributed by atoms with Gasteiger partial charge in [0.25, 0.3) is 0 Å². The second-order valence-electron chi connectivity index (χ2n) is 2.23. The summed E-state index contributed by atoms with van der Waals surface area (Å²) in [6.45, 7) is 1.94. The Hall–Kier alpha value is -0.170. The molecule has 0 amide bonds. The molecule has 0 saturated carbocycles. The van der Waals surface area contributed by atoms with Crippen LogP contribution in [0.15, 0.2) is 16.6 Å². The van der Waals surface area contributed by atoms with E-state index in [0.29, 0.717) is 5.46 Å². The van der Waals surface area contributed by atoms with Gasteiger partial charge >= 0.3 is 0 Å². The van der Waals surface area contributed by atoms with E-state index in [1.165, 1.54) is 0 Å². The van der Waals surface area contributed by atoms with Crippen LogP contribution in [0.5, 0.6) is 0 Å². The van der Waals surface area contributed by atoms with Gasteiger partial charge in [-0.05, 0) is 13.0 Å². The lowest BCUT2D eigenvalue weighted by Crippen LogP contribution is -2.17. The van der Waals surface area contributed by atoms with E-state index in [0.717, 1.165) is 15.5 Å². The van der Waals surface area contributed by atoms with Gasteiger partial charge < -0.3 is 0 Å². The summed E-state index contributed by atoms with van der Waals surface area (Å²) >= 11 is 3.30. The first-order valence-corrected chi connectivity index (χ1v) is 3.71. The lowest BCUT2D eigenvalue weighted by molar-refractivity contribution is 1.51. The lowest BCUT2D eigenvalue weighted by Gasteiger charge is -2.03. The Morgan fingerprint density at radius 3 is 2.30 bits per heavy atom. The summed E-state index contributed by atoms with van der Waals surface area (Å²) in [4.78, 5) is 0. The summed E-state index contributed by atoms with van der Waals surface area (Å²) in [6, 6.07) is 3.66. The first-order chi connectivity index (χ1) is 4.61. The Bertz CT molecular complexity index is 208. The van der Waals surface area contributed by atoms with Crippen molar-refractivity contribution >= 4 is 42.5 Å². The molecule has 46 valence electrons. The topological polar surface area (TPSA) is 0 Å². The van der Waals surface area contributed by atoms with Crippen LogP contribution in [-0.2, 0) is 0 Å². The number of aryl methyl sites for hydroxylation is 1. The Kier molecular flexibility index (Phi) is 2.24. The maximum absolute atomic E-state index is 5.59. The van der Waals surface area contributed by atoms with E-state index in [-0.39, 0.29) is 0 Å². The molecule has 1 aromatic rings. The van der Waals surface area contributed by atoms with Gasteiger partial charge in [0.1, 0.15) is 15.7 Å². The minimum Gasteiger partial charge on any atom is -0.0943 e. The molecule has 0 saturated heterocycles. The van der Waals surface area contributed by atoms with Crippen molar-refractivity contribution in [3.8, 4) is 0 Å². The molecule has 0 nitrogen and oxygen atoms in total. The second kappa shape index (κ2) is 2.83. The van der Waals surface area contributed by atoms with E-state index in [1.807, 2.05) is 13.0 Å². The summed E-state index contributed by atoms with van der Waals surface area (Å²) in [7, 11) is 11.2. The van der Waals surface area contributed by atoms with Crippen molar-refractivity contribution in [2.75, 3.05) is 0 Å². The van der Waals surface area contributed by atoms with Gasteiger partial charge in [-0.15, -0.1) is 0 Å². The molecule has 1 rings (SSSR count). The summed E-state index contributed by atoms with van der Waals surface area (Å²) < 4.78 is 0.902. The van der Waals surface area contributed by atoms with Crippen molar-refractivity contribution in [2.45, 2.75) is 6.92 Å². The highest BCUT2D eigenvalue weighted by atomic mass is 79.9. The second-order valence-corrected chi connectivity index (χ2v) is 3.08. The van der Waals surface area contributed by atoms with Crippen LogP contribution in [0.1, 0.15) is 5.56 Å². The van der Waals surface area contributed by atoms with Crippen LogP contribution in [0, 0.1) is 6.92 Å². The third-order valence-corrected chi connectivity index (χ3v) is 2.07. The Morgan fingerprint density at radius 1 is 1.20 bits per heavy atom. The maximum Gasteiger partial charge on any atom is 0.115 e. The van der Waals surface area contributed by atoms with E-state index in [9.17, 15) is 0 Å². The smallest absolute Gasteiger partial charge is 0.0943 e. The van der Waals surface area contributed by atoms with Gasteiger partial charge in [-0.2, -0.15) is 0 Å². The van der Waals surface area contributed by atoms with Crippen LogP contribution in [0.4, 0.5) is 0 Å². The zero-order chi connectivity index (χ0) is 7.72. The summed E-state index contributed by atoms with van der Waals surface area (Å²) in [5, 5.41) is 0. The third kappa shape index (κ3) is 1.46. The van der Waals surface area contributed by atoms with Crippen molar-refractivity contribution in [2.24, 2.45) is 0 Å². The number of rotatable bonds is 0. The largest absolute Gasteiger partial charge is 0.115 e. The highest BCUT2D eigenvalue weighted by molar-refractivity contribution is 9.10. The molecule has 0 unspecified atom stereocenters. The lowest BCUT2D eigenvalue weighted by atomic mass is 9.84. The van der Waals surface area contributed by atoms with Gasteiger partial charge in [-0.25, -0.2) is 0 Å². The van der Waals surface area contributed by atoms with E-state index < -0.39 is 0 Å². The van der Waals surface area contributed by atoms with Gasteiger partial charge in [0.15, 0.2) is 0 Å². The fraction of sp³-hybridized carbons (Fsp3) is 0.143. The molecule has 0 bridgehead atoms. The molecule has 0 atom stereocenters. The van der Waals surface area contributed by atoms with Crippen LogP contribution in [0.2, 0.25) is 0 Å². The van der Waals surface area contributed by atoms with Gasteiger partial charge in [0, 0.05) is 4.47 Å². The molecular weight excluding hydrogens is 186 g/mol. The molecule has 0 aliphatic rings. The van der Waals surface area contributed by atoms with Crippen LogP contribution < -0.4 is 10.9 Å². The zero-order valence-corrected chi connectivity index (χ0v) is 7.27. The predicted octanol–water partition coefficient (Wildman–Crippen LogP) is 0.345. The van der Waals surface area contributed by atoms with Crippen molar-refractivity contribution < 1.29 is 0 Å². The normalized spacial score (nSPS) is 9.80. The zero-order valence-electron chi connectivity index (χ0n) is 5.69. The highest BCUT2D eigenvalue weighted by Gasteiger charge is 1.95. The van der Waals surface area contributed by atoms with Crippen molar-refractivity contribution in [3.63, 3.8) is 0 Å². The van der Waals surface area contributed by atoms with E-state index in [1.54, 1.807) is 6.07 Å². The molecule has 0 aliphatic heterocycles. The summed E-state index contributed by atoms with van der Waals surface area (Å²) in [5.41, 5.74) is 2.46. The number of hydrogen-bond donors (Lipinski definition) is 0. The Balaban J connectivity index is 3.28. The van der Waals surface area contributed by atoms with Crippen LogP contribution in [-0.4, -0.2) is 15.7 Å². The fourth-order valence-corrected chi connectivity index (χ4v) is 1.16. The standard InChI is InChI=1S/C7H5B2Br/c1-4-2-7(10)6(9)3-5(4)8/h2-3H,1H3. The summed E-state index contributed by atoms with van der Waals surface area (Å²) in [6.07, 6.45) is 0. The third-order valence-electron chi connectivity index (χ3n) is 1.39. The molecule has 0 heterocycles. The minimum absolute atomic E-state index is 0.683. The number of halogens is 1. The van der Waals surface area contributed by atoms with E-state index >= 15 is 0 Å². The molecule has 4 radical (unpaired) electrons. The van der Waals surface area contributed by atoms with Crippen LogP contribution >= 0.6 is 15.9 Å². The van der Waals surface area contributed by atoms with Gasteiger partial charge in [-0.1, -0.05) is 38.5 Å². The van der Waals surface area contributed by atoms with Gasteiger partial charge in [0.05, 0.1) is 0 Å². The van der Waals surface area contributed by atoms with Crippen molar-refractivity contribution in [1.82, 2.24) is 0 Å². The van der Waals surface area contributed by atoms with E-state index in [4.69, 9.17) is 15.7 Å². The average Bonchev–Trinajstić information content (AvgIpc) is 1.84. The highest BCUT2D eigenvalue weighted by Crippen LogP contribution is 2.05. The monoisotopic (exact) mass is 190 g/mol. The Labute approximate surface area is 72.0 Å². The quantitative estimate of drug-likeness (QED) is 0.518. The molecule has 10 heavy (non-hydrogen) atoms. The number of hydrogen-bond acceptors (Lipinski definition) is 0. The minimum atomic E-state index is 0.683. The van der Waals surface area contributed by atoms with Gasteiger partial charge in [-0.3, -0.25) is 0 Å². The molecular formula is C7H5B2Br. The summed E-state index contributed by atoms with van der Waals surface area (Å²) in [5.74, 6) is 0. The van der Waals surface area contributed by atoms with Crippen molar-refractivity contribution in [3.05, 3.63) is 22.2 Å². The number of benzene rings is 1. The van der Waals surface area contributed by atoms with Crippen LogP contribution in [0.3, 0.4) is 0 Å². The van der Waals surface area contributed by atoms with Gasteiger partial charge in [0.2, 0.25) is 0 Å². The average molecular weight is 191 g/mol. The first kappa shape index (κ1) is 7.93. The van der Waals surface area contributed by atoms with E-state index in [2.05, 4.69) is 15.9 Å². The fourth-order valence-electron chi connectivity index (χ4n) is 0.707. The Morgan fingerprint density at radius 2 is 1.80 bits per heavy atom. The first-order valence-electron chi connectivity index (χ1n) is 2.92. The molecule has 0 aliphatic carbocycles.